The van der Waals surface area contributed by atoms with Gasteiger partial charge >= 0.3 is 0 Å². The molecule has 0 spiro atoms. The molecule has 1 aromatic heterocycles. The number of hydrogen-bond acceptors (Lipinski definition) is 3. The normalized spacial score (nSPS) is 10.9. The zero-order chi connectivity index (χ0) is 15.4. The number of likely N-dealkylation sites (N-methyl/N-ethyl adjacent to an activating group) is 1. The van der Waals surface area contributed by atoms with Crippen LogP contribution in [0.3, 0.4) is 0 Å². The Balaban J connectivity index is 2.06. The number of amides is 1. The molecule has 112 valence electrons. The number of carbonyl (C=O) groups is 1. The van der Waals surface area contributed by atoms with Crippen LogP contribution in [0.25, 0.3) is 0 Å². The molecule has 1 amide bonds. The second-order valence-electron chi connectivity index (χ2n) is 4.85. The molecule has 0 bridgehead atoms. The number of carbonyl (C=O) groups excluding carboxylic acids is 1. The molecular formula is C14H16ClFN4O. The molecule has 2 aromatic rings. The summed E-state index contributed by atoms with van der Waals surface area (Å²) in [6, 6.07) is 4.12. The van der Waals surface area contributed by atoms with E-state index in [0.29, 0.717) is 12.2 Å². The van der Waals surface area contributed by atoms with Gasteiger partial charge in [0.25, 0.3) is 5.91 Å². The van der Waals surface area contributed by atoms with E-state index in [2.05, 4.69) is 10.4 Å². The zero-order valence-corrected chi connectivity index (χ0v) is 12.6. The zero-order valence-electron chi connectivity index (χ0n) is 11.8. The van der Waals surface area contributed by atoms with Crippen molar-refractivity contribution in [1.29, 1.82) is 0 Å². The fourth-order valence-corrected chi connectivity index (χ4v) is 2.01. The second kappa shape index (κ2) is 6.69. The third kappa shape index (κ3) is 4.03. The van der Waals surface area contributed by atoms with Crippen LogP contribution in [0, 0.1) is 5.82 Å². The first-order valence-electron chi connectivity index (χ1n) is 6.40. The highest BCUT2D eigenvalue weighted by Crippen LogP contribution is 2.20. The molecule has 0 aliphatic carbocycles. The Labute approximate surface area is 127 Å². The summed E-state index contributed by atoms with van der Waals surface area (Å²) < 4.78 is 15.4. The van der Waals surface area contributed by atoms with Gasteiger partial charge in [-0.3, -0.25) is 9.48 Å². The van der Waals surface area contributed by atoms with E-state index in [9.17, 15) is 9.18 Å². The fourth-order valence-electron chi connectivity index (χ4n) is 1.76. The Morgan fingerprint density at radius 1 is 1.48 bits per heavy atom. The van der Waals surface area contributed by atoms with Crippen LogP contribution in [-0.4, -0.2) is 41.2 Å². The molecule has 0 saturated heterocycles. The van der Waals surface area contributed by atoms with Crippen LogP contribution in [0.2, 0.25) is 5.02 Å². The molecule has 7 heteroatoms. The van der Waals surface area contributed by atoms with E-state index >= 15 is 0 Å². The summed E-state index contributed by atoms with van der Waals surface area (Å²) in [5.74, 6) is -1.25. The molecule has 1 heterocycles. The van der Waals surface area contributed by atoms with Crippen LogP contribution >= 0.6 is 11.6 Å². The monoisotopic (exact) mass is 310 g/mol. The number of nitrogens with zero attached hydrogens (tertiary/aromatic N) is 3. The topological polar surface area (TPSA) is 50.2 Å². The number of aromatic nitrogens is 2. The number of nitrogens with one attached hydrogen (secondary N) is 1. The quantitative estimate of drug-likeness (QED) is 0.923. The van der Waals surface area contributed by atoms with Gasteiger partial charge in [0.05, 0.1) is 29.0 Å². The maximum atomic E-state index is 13.6. The van der Waals surface area contributed by atoms with Gasteiger partial charge in [-0.05, 0) is 26.2 Å². The molecule has 0 radical (unpaired) electrons. The Bertz CT molecular complexity index is 621. The van der Waals surface area contributed by atoms with E-state index in [-0.39, 0.29) is 10.6 Å². The molecule has 0 unspecified atom stereocenters. The second-order valence-corrected chi connectivity index (χ2v) is 5.25. The Morgan fingerprint density at radius 3 is 2.90 bits per heavy atom. The third-order valence-electron chi connectivity index (χ3n) is 2.86. The Kier molecular flexibility index (Phi) is 4.93. The van der Waals surface area contributed by atoms with Crippen LogP contribution in [0.4, 0.5) is 10.1 Å². The first kappa shape index (κ1) is 15.5. The highest BCUT2D eigenvalue weighted by atomic mass is 35.5. The summed E-state index contributed by atoms with van der Waals surface area (Å²) in [7, 11) is 3.93. The average Bonchev–Trinajstić information content (AvgIpc) is 2.83. The van der Waals surface area contributed by atoms with Crippen LogP contribution in [-0.2, 0) is 6.54 Å². The smallest absolute Gasteiger partial charge is 0.260 e. The van der Waals surface area contributed by atoms with Crippen LogP contribution in [0.1, 0.15) is 10.4 Å². The molecule has 0 aliphatic heterocycles. The van der Waals surface area contributed by atoms with Gasteiger partial charge in [-0.25, -0.2) is 4.39 Å². The predicted molar refractivity (Wildman–Crippen MR) is 80.1 cm³/mol. The first-order valence-corrected chi connectivity index (χ1v) is 6.77. The molecule has 0 fully saturated rings. The van der Waals surface area contributed by atoms with Crippen molar-refractivity contribution in [3.05, 3.63) is 47.0 Å². The van der Waals surface area contributed by atoms with Gasteiger partial charge in [-0.15, -0.1) is 0 Å². The average molecular weight is 311 g/mol. The maximum absolute atomic E-state index is 13.6. The summed E-state index contributed by atoms with van der Waals surface area (Å²) >= 11 is 5.85. The lowest BCUT2D eigenvalue weighted by Gasteiger charge is -2.08. The minimum atomic E-state index is -0.653. The van der Waals surface area contributed by atoms with Crippen LogP contribution in [0.5, 0.6) is 0 Å². The summed E-state index contributed by atoms with van der Waals surface area (Å²) in [5, 5.41) is 6.79. The molecule has 0 saturated carbocycles. The lowest BCUT2D eigenvalue weighted by atomic mass is 10.2. The number of rotatable bonds is 5. The van der Waals surface area contributed by atoms with Gasteiger partial charge in [-0.1, -0.05) is 17.7 Å². The molecule has 21 heavy (non-hydrogen) atoms. The van der Waals surface area contributed by atoms with E-state index in [4.69, 9.17) is 11.6 Å². The molecule has 5 nitrogen and oxygen atoms in total. The van der Waals surface area contributed by atoms with Gasteiger partial charge in [-0.2, -0.15) is 5.10 Å². The SMILES string of the molecule is CN(C)CCn1cc(NC(=O)c2c(F)cccc2Cl)cn1. The van der Waals surface area contributed by atoms with Gasteiger partial charge < -0.3 is 10.2 Å². The summed E-state index contributed by atoms with van der Waals surface area (Å²) in [5.41, 5.74) is 0.332. The number of benzene rings is 1. The fraction of sp³-hybridized carbons (Fsp3) is 0.286. The van der Waals surface area contributed by atoms with Gasteiger partial charge in [0, 0.05) is 12.7 Å². The number of anilines is 1. The number of halogens is 2. The summed E-state index contributed by atoms with van der Waals surface area (Å²) in [6.45, 7) is 1.53. The van der Waals surface area contributed by atoms with E-state index in [0.717, 1.165) is 6.54 Å². The van der Waals surface area contributed by atoms with Crippen molar-refractivity contribution in [2.45, 2.75) is 6.54 Å². The van der Waals surface area contributed by atoms with Crippen LogP contribution in [0.15, 0.2) is 30.6 Å². The van der Waals surface area contributed by atoms with Crippen LogP contribution < -0.4 is 5.32 Å². The lowest BCUT2D eigenvalue weighted by molar-refractivity contribution is 0.102. The van der Waals surface area contributed by atoms with E-state index in [1.54, 1.807) is 10.9 Å². The predicted octanol–water partition coefficient (Wildman–Crippen LogP) is 2.49. The molecule has 2 rings (SSSR count). The van der Waals surface area contributed by atoms with Crippen molar-refractivity contribution in [2.24, 2.45) is 0 Å². The first-order chi connectivity index (χ1) is 9.97. The summed E-state index contributed by atoms with van der Waals surface area (Å²) in [6.07, 6.45) is 3.21. The maximum Gasteiger partial charge on any atom is 0.260 e. The van der Waals surface area contributed by atoms with Gasteiger partial charge in [0.15, 0.2) is 0 Å². The Hall–Kier alpha value is -1.92. The number of hydrogen-bond donors (Lipinski definition) is 1. The van der Waals surface area contributed by atoms with E-state index in [1.807, 2.05) is 19.0 Å². The van der Waals surface area contributed by atoms with E-state index < -0.39 is 11.7 Å². The summed E-state index contributed by atoms with van der Waals surface area (Å²) in [4.78, 5) is 14.1. The minimum absolute atomic E-state index is 0.0764. The molecule has 0 aliphatic rings. The van der Waals surface area contributed by atoms with Crippen molar-refractivity contribution < 1.29 is 9.18 Å². The standard InChI is InChI=1S/C14H16ClFN4O/c1-19(2)6-7-20-9-10(8-17-20)18-14(21)13-11(15)4-3-5-12(13)16/h3-5,8-9H,6-7H2,1-2H3,(H,18,21). The van der Waals surface area contributed by atoms with Crippen molar-refractivity contribution >= 4 is 23.2 Å². The van der Waals surface area contributed by atoms with Crippen molar-refractivity contribution in [3.8, 4) is 0 Å². The minimum Gasteiger partial charge on any atom is -0.319 e. The molecule has 1 aromatic carbocycles. The van der Waals surface area contributed by atoms with E-state index in [1.165, 1.54) is 24.4 Å². The lowest BCUT2D eigenvalue weighted by Crippen LogP contribution is -2.18. The van der Waals surface area contributed by atoms with Crippen molar-refractivity contribution in [3.63, 3.8) is 0 Å². The van der Waals surface area contributed by atoms with Gasteiger partial charge in [0.1, 0.15) is 5.82 Å². The third-order valence-corrected chi connectivity index (χ3v) is 3.17. The van der Waals surface area contributed by atoms with Crippen molar-refractivity contribution in [2.75, 3.05) is 26.0 Å². The molecule has 1 N–H and O–H groups in total. The van der Waals surface area contributed by atoms with Crippen molar-refractivity contribution in [1.82, 2.24) is 14.7 Å². The highest BCUT2D eigenvalue weighted by Gasteiger charge is 2.16. The Morgan fingerprint density at radius 2 is 2.24 bits per heavy atom. The largest absolute Gasteiger partial charge is 0.319 e. The molecule has 0 atom stereocenters. The molecular weight excluding hydrogens is 295 g/mol. The van der Waals surface area contributed by atoms with Gasteiger partial charge in [0.2, 0.25) is 0 Å². The highest BCUT2D eigenvalue weighted by molar-refractivity contribution is 6.34.